The molecule has 1 unspecified atom stereocenters. The number of thiophene rings is 1. The summed E-state index contributed by atoms with van der Waals surface area (Å²) in [4.78, 5) is 2.79. The van der Waals surface area contributed by atoms with Crippen molar-refractivity contribution in [3.8, 4) is 10.4 Å². The van der Waals surface area contributed by atoms with E-state index in [2.05, 4.69) is 73.2 Å². The fourth-order valence-electron chi connectivity index (χ4n) is 2.67. The van der Waals surface area contributed by atoms with Crippen LogP contribution in [0.5, 0.6) is 0 Å². The first-order valence-electron chi connectivity index (χ1n) is 7.67. The third-order valence-electron chi connectivity index (χ3n) is 3.70. The monoisotopic (exact) mass is 365 g/mol. The molecule has 0 saturated carbocycles. The second kappa shape index (κ2) is 7.57. The van der Waals surface area contributed by atoms with Crippen LogP contribution in [0, 0.1) is 13.8 Å². The molecule has 0 amide bonds. The molecule has 2 rings (SSSR count). The van der Waals surface area contributed by atoms with Crippen LogP contribution in [0.25, 0.3) is 10.4 Å². The van der Waals surface area contributed by atoms with Crippen LogP contribution in [0.1, 0.15) is 48.7 Å². The van der Waals surface area contributed by atoms with Crippen LogP contribution in [-0.4, -0.2) is 6.54 Å². The average Bonchev–Trinajstić information content (AvgIpc) is 2.88. The van der Waals surface area contributed by atoms with E-state index in [1.807, 2.05) is 11.3 Å². The third-order valence-corrected chi connectivity index (χ3v) is 5.54. The first kappa shape index (κ1) is 16.7. The Morgan fingerprint density at radius 3 is 2.57 bits per heavy atom. The molecule has 1 atom stereocenters. The minimum atomic E-state index is 0.480. The molecule has 0 saturated heterocycles. The van der Waals surface area contributed by atoms with Gasteiger partial charge in [0.1, 0.15) is 0 Å². The summed E-state index contributed by atoms with van der Waals surface area (Å²) in [5, 5.41) is 3.64. The second-order valence-corrected chi connectivity index (χ2v) is 7.53. The number of halogens is 1. The van der Waals surface area contributed by atoms with E-state index in [0.717, 1.165) is 13.0 Å². The molecule has 0 aliphatic carbocycles. The SMILES string of the molecule is CCCNC(CC)c1ccc(-c2c(C)cc(C)cc2Br)s1. The zero-order valence-electron chi connectivity index (χ0n) is 13.3. The average molecular weight is 366 g/mol. The van der Waals surface area contributed by atoms with Gasteiger partial charge in [0, 0.05) is 25.8 Å². The standard InChI is InChI=1S/C18H24BrNS/c1-5-9-20-15(6-2)16-7-8-17(21-16)18-13(4)10-12(3)11-14(18)19/h7-8,10-11,15,20H,5-6,9H2,1-4H3. The minimum absolute atomic E-state index is 0.480. The molecule has 2 aromatic rings. The summed E-state index contributed by atoms with van der Waals surface area (Å²) in [6.07, 6.45) is 2.31. The van der Waals surface area contributed by atoms with Crippen LogP contribution in [0.2, 0.25) is 0 Å². The lowest BCUT2D eigenvalue weighted by molar-refractivity contribution is 0.525. The summed E-state index contributed by atoms with van der Waals surface area (Å²) >= 11 is 5.64. The summed E-state index contributed by atoms with van der Waals surface area (Å²) in [6, 6.07) is 9.48. The summed E-state index contributed by atoms with van der Waals surface area (Å²) in [6.45, 7) is 9.88. The molecule has 0 aliphatic heterocycles. The zero-order valence-corrected chi connectivity index (χ0v) is 15.7. The van der Waals surface area contributed by atoms with Crippen LogP contribution in [-0.2, 0) is 0 Å². The van der Waals surface area contributed by atoms with Gasteiger partial charge < -0.3 is 5.32 Å². The number of nitrogens with one attached hydrogen (secondary N) is 1. The number of hydrogen-bond donors (Lipinski definition) is 1. The molecule has 21 heavy (non-hydrogen) atoms. The largest absolute Gasteiger partial charge is 0.309 e. The zero-order chi connectivity index (χ0) is 15.4. The van der Waals surface area contributed by atoms with Crippen LogP contribution >= 0.6 is 27.3 Å². The van der Waals surface area contributed by atoms with E-state index < -0.39 is 0 Å². The van der Waals surface area contributed by atoms with Crippen molar-refractivity contribution in [1.82, 2.24) is 5.32 Å². The van der Waals surface area contributed by atoms with E-state index in [1.165, 1.54) is 37.3 Å². The quantitative estimate of drug-likeness (QED) is 0.638. The normalized spacial score (nSPS) is 12.6. The Kier molecular flexibility index (Phi) is 6.03. The molecule has 0 bridgehead atoms. The molecule has 1 N–H and O–H groups in total. The van der Waals surface area contributed by atoms with Crippen LogP contribution in [0.4, 0.5) is 0 Å². The van der Waals surface area contributed by atoms with Gasteiger partial charge in [0.05, 0.1) is 0 Å². The van der Waals surface area contributed by atoms with Crippen molar-refractivity contribution in [3.05, 3.63) is 44.7 Å². The predicted molar refractivity (Wildman–Crippen MR) is 98.3 cm³/mol. The molecule has 0 radical (unpaired) electrons. The number of rotatable bonds is 6. The highest BCUT2D eigenvalue weighted by atomic mass is 79.9. The molecule has 0 aliphatic rings. The molecule has 114 valence electrons. The van der Waals surface area contributed by atoms with Crippen molar-refractivity contribution in [2.45, 2.75) is 46.6 Å². The highest BCUT2D eigenvalue weighted by molar-refractivity contribution is 9.10. The van der Waals surface area contributed by atoms with E-state index in [-0.39, 0.29) is 0 Å². The summed E-state index contributed by atoms with van der Waals surface area (Å²) < 4.78 is 1.20. The molecular weight excluding hydrogens is 342 g/mol. The van der Waals surface area contributed by atoms with E-state index in [0.29, 0.717) is 6.04 Å². The van der Waals surface area contributed by atoms with Gasteiger partial charge >= 0.3 is 0 Å². The van der Waals surface area contributed by atoms with Gasteiger partial charge in [-0.25, -0.2) is 0 Å². The summed E-state index contributed by atoms with van der Waals surface area (Å²) in [5.41, 5.74) is 3.97. The Labute approximate surface area is 140 Å². The molecule has 1 aromatic carbocycles. The second-order valence-electron chi connectivity index (χ2n) is 5.56. The lowest BCUT2D eigenvalue weighted by Crippen LogP contribution is -2.20. The van der Waals surface area contributed by atoms with Crippen LogP contribution in [0.15, 0.2) is 28.7 Å². The molecular formula is C18H24BrNS. The van der Waals surface area contributed by atoms with Gasteiger partial charge in [0.25, 0.3) is 0 Å². The summed E-state index contributed by atoms with van der Waals surface area (Å²) in [7, 11) is 0. The van der Waals surface area contributed by atoms with Gasteiger partial charge in [-0.2, -0.15) is 0 Å². The van der Waals surface area contributed by atoms with Crippen molar-refractivity contribution >= 4 is 27.3 Å². The maximum atomic E-state index is 3.73. The fourth-order valence-corrected chi connectivity index (χ4v) is 4.98. The fraction of sp³-hybridized carbons (Fsp3) is 0.444. The van der Waals surface area contributed by atoms with Crippen LogP contribution in [0.3, 0.4) is 0 Å². The maximum Gasteiger partial charge on any atom is 0.0412 e. The predicted octanol–water partition coefficient (Wildman–Crippen LogP) is 6.25. The Morgan fingerprint density at radius 1 is 1.19 bits per heavy atom. The van der Waals surface area contributed by atoms with Gasteiger partial charge in [-0.15, -0.1) is 11.3 Å². The Morgan fingerprint density at radius 2 is 1.95 bits per heavy atom. The number of aryl methyl sites for hydroxylation is 2. The molecule has 1 heterocycles. The van der Waals surface area contributed by atoms with Crippen molar-refractivity contribution < 1.29 is 0 Å². The highest BCUT2D eigenvalue weighted by Gasteiger charge is 2.14. The van der Waals surface area contributed by atoms with Gasteiger partial charge in [-0.1, -0.05) is 35.8 Å². The molecule has 1 aromatic heterocycles. The number of benzene rings is 1. The molecule has 0 spiro atoms. The Hall–Kier alpha value is -0.640. The van der Waals surface area contributed by atoms with Gasteiger partial charge in [0.2, 0.25) is 0 Å². The van der Waals surface area contributed by atoms with Crippen molar-refractivity contribution in [2.75, 3.05) is 6.54 Å². The molecule has 0 fully saturated rings. The number of hydrogen-bond acceptors (Lipinski definition) is 2. The summed E-state index contributed by atoms with van der Waals surface area (Å²) in [5.74, 6) is 0. The van der Waals surface area contributed by atoms with E-state index in [9.17, 15) is 0 Å². The highest BCUT2D eigenvalue weighted by Crippen LogP contribution is 2.38. The topological polar surface area (TPSA) is 12.0 Å². The van der Waals surface area contributed by atoms with Crippen LogP contribution < -0.4 is 5.32 Å². The lowest BCUT2D eigenvalue weighted by Gasteiger charge is -2.14. The van der Waals surface area contributed by atoms with Gasteiger partial charge in [-0.3, -0.25) is 0 Å². The van der Waals surface area contributed by atoms with E-state index >= 15 is 0 Å². The van der Waals surface area contributed by atoms with E-state index in [4.69, 9.17) is 0 Å². The van der Waals surface area contributed by atoms with E-state index in [1.54, 1.807) is 0 Å². The first-order valence-corrected chi connectivity index (χ1v) is 9.28. The Bertz CT molecular complexity index is 580. The first-order chi connectivity index (χ1) is 10.1. The maximum absolute atomic E-state index is 3.73. The third kappa shape index (κ3) is 3.97. The lowest BCUT2D eigenvalue weighted by atomic mass is 10.0. The smallest absolute Gasteiger partial charge is 0.0412 e. The Balaban J connectivity index is 2.31. The van der Waals surface area contributed by atoms with Gasteiger partial charge in [0.15, 0.2) is 0 Å². The minimum Gasteiger partial charge on any atom is -0.309 e. The van der Waals surface area contributed by atoms with Crippen molar-refractivity contribution in [3.63, 3.8) is 0 Å². The van der Waals surface area contributed by atoms with Crippen molar-refractivity contribution in [1.29, 1.82) is 0 Å². The molecule has 3 heteroatoms. The van der Waals surface area contributed by atoms with Crippen molar-refractivity contribution in [2.24, 2.45) is 0 Å². The van der Waals surface area contributed by atoms with Gasteiger partial charge in [-0.05, 0) is 62.6 Å². The molecule has 1 nitrogen and oxygen atoms in total.